The van der Waals surface area contributed by atoms with Gasteiger partial charge >= 0.3 is 0 Å². The molecule has 0 saturated carbocycles. The Kier molecular flexibility index (Phi) is 5.05. The zero-order valence-electron chi connectivity index (χ0n) is 12.9. The lowest BCUT2D eigenvalue weighted by atomic mass is 10.1. The molecule has 1 aliphatic rings. The minimum Gasteiger partial charge on any atom is -0.382 e. The van der Waals surface area contributed by atoms with Crippen LogP contribution in [0.25, 0.3) is 0 Å². The molecular formula is C14H24N4O2S. The molecule has 21 heavy (non-hydrogen) atoms. The van der Waals surface area contributed by atoms with Crippen LogP contribution in [0.5, 0.6) is 0 Å². The first-order valence-electron chi connectivity index (χ1n) is 7.25. The van der Waals surface area contributed by atoms with Crippen LogP contribution < -0.4 is 16.4 Å². The number of hydrogen-bond donors (Lipinski definition) is 3. The molecule has 6 nitrogen and oxygen atoms in total. The monoisotopic (exact) mass is 312 g/mol. The van der Waals surface area contributed by atoms with Crippen LogP contribution in [-0.2, 0) is 4.74 Å². The van der Waals surface area contributed by atoms with Crippen molar-refractivity contribution in [2.45, 2.75) is 39.2 Å². The van der Waals surface area contributed by atoms with Gasteiger partial charge in [0.1, 0.15) is 10.7 Å². The Morgan fingerprint density at radius 1 is 1.52 bits per heavy atom. The highest BCUT2D eigenvalue weighted by molar-refractivity contribution is 7.18. The van der Waals surface area contributed by atoms with Gasteiger partial charge in [0, 0.05) is 25.3 Å². The molecule has 0 bridgehead atoms. The predicted molar refractivity (Wildman–Crippen MR) is 85.8 cm³/mol. The van der Waals surface area contributed by atoms with Crippen molar-refractivity contribution in [1.82, 2.24) is 10.3 Å². The average molecular weight is 312 g/mol. The van der Waals surface area contributed by atoms with Crippen molar-refractivity contribution in [3.8, 4) is 0 Å². The van der Waals surface area contributed by atoms with Gasteiger partial charge in [-0.3, -0.25) is 4.79 Å². The molecule has 1 aromatic rings. The molecule has 1 atom stereocenters. The van der Waals surface area contributed by atoms with Crippen molar-refractivity contribution in [3.63, 3.8) is 0 Å². The normalized spacial score (nSPS) is 18.7. The van der Waals surface area contributed by atoms with Gasteiger partial charge in [0.25, 0.3) is 5.91 Å². The van der Waals surface area contributed by atoms with Crippen LogP contribution in [0.3, 0.4) is 0 Å². The van der Waals surface area contributed by atoms with Gasteiger partial charge in [-0.15, -0.1) is 0 Å². The summed E-state index contributed by atoms with van der Waals surface area (Å²) in [4.78, 5) is 16.8. The smallest absolute Gasteiger partial charge is 0.265 e. The SMILES string of the molecule is CC(C)(C)Nc1nc(N)c(C(=O)NCCC2CCOC2)s1. The van der Waals surface area contributed by atoms with Gasteiger partial charge in [0.15, 0.2) is 5.13 Å². The number of thiazole rings is 1. The fourth-order valence-corrected chi connectivity index (χ4v) is 3.16. The van der Waals surface area contributed by atoms with Gasteiger partial charge < -0.3 is 21.1 Å². The summed E-state index contributed by atoms with van der Waals surface area (Å²) < 4.78 is 5.32. The Bertz CT molecular complexity index is 490. The molecule has 1 saturated heterocycles. The molecule has 7 heteroatoms. The summed E-state index contributed by atoms with van der Waals surface area (Å²) in [5, 5.41) is 6.82. The lowest BCUT2D eigenvalue weighted by Crippen LogP contribution is -2.26. The van der Waals surface area contributed by atoms with Gasteiger partial charge in [-0.25, -0.2) is 4.98 Å². The van der Waals surface area contributed by atoms with E-state index in [0.29, 0.717) is 22.5 Å². The molecule has 1 unspecified atom stereocenters. The number of hydrogen-bond acceptors (Lipinski definition) is 6. The largest absolute Gasteiger partial charge is 0.382 e. The minimum absolute atomic E-state index is 0.111. The number of anilines is 2. The van der Waals surface area contributed by atoms with Crippen LogP contribution in [-0.4, -0.2) is 36.2 Å². The van der Waals surface area contributed by atoms with Crippen molar-refractivity contribution in [3.05, 3.63) is 4.88 Å². The van der Waals surface area contributed by atoms with Crippen LogP contribution in [0, 0.1) is 5.92 Å². The number of ether oxygens (including phenoxy) is 1. The Balaban J connectivity index is 1.86. The first kappa shape index (κ1) is 16.0. The molecule has 1 fully saturated rings. The number of carbonyl (C=O) groups is 1. The summed E-state index contributed by atoms with van der Waals surface area (Å²) in [6.07, 6.45) is 2.02. The number of rotatable bonds is 5. The third kappa shape index (κ3) is 4.86. The second-order valence-corrected chi connectivity index (χ2v) is 7.38. The van der Waals surface area contributed by atoms with E-state index >= 15 is 0 Å². The maximum absolute atomic E-state index is 12.1. The van der Waals surface area contributed by atoms with Crippen LogP contribution >= 0.6 is 11.3 Å². The third-order valence-electron chi connectivity index (χ3n) is 3.20. The van der Waals surface area contributed by atoms with Crippen molar-refractivity contribution in [2.24, 2.45) is 5.92 Å². The number of amides is 1. The molecule has 0 aliphatic carbocycles. The number of nitrogens with two attached hydrogens (primary N) is 1. The van der Waals surface area contributed by atoms with E-state index in [0.717, 1.165) is 26.1 Å². The summed E-state index contributed by atoms with van der Waals surface area (Å²) in [5.41, 5.74) is 5.72. The molecule has 118 valence electrons. The van der Waals surface area contributed by atoms with E-state index in [1.54, 1.807) is 0 Å². The van der Waals surface area contributed by atoms with Gasteiger partial charge in [0.05, 0.1) is 0 Å². The van der Waals surface area contributed by atoms with Crippen LogP contribution in [0.2, 0.25) is 0 Å². The van der Waals surface area contributed by atoms with E-state index in [1.807, 2.05) is 20.8 Å². The maximum Gasteiger partial charge on any atom is 0.265 e. The quantitative estimate of drug-likeness (QED) is 0.774. The molecule has 4 N–H and O–H groups in total. The molecule has 1 aliphatic heterocycles. The van der Waals surface area contributed by atoms with E-state index in [-0.39, 0.29) is 17.3 Å². The van der Waals surface area contributed by atoms with Gasteiger partial charge in [-0.2, -0.15) is 0 Å². The number of aromatic nitrogens is 1. The van der Waals surface area contributed by atoms with Crippen LogP contribution in [0.1, 0.15) is 43.3 Å². The lowest BCUT2D eigenvalue weighted by Gasteiger charge is -2.19. The van der Waals surface area contributed by atoms with E-state index in [9.17, 15) is 4.79 Å². The topological polar surface area (TPSA) is 89.3 Å². The zero-order valence-corrected chi connectivity index (χ0v) is 13.7. The first-order chi connectivity index (χ1) is 9.85. The number of nitrogens with one attached hydrogen (secondary N) is 2. The van der Waals surface area contributed by atoms with Gasteiger partial charge in [0.2, 0.25) is 0 Å². The van der Waals surface area contributed by atoms with Crippen molar-refractivity contribution in [2.75, 3.05) is 30.8 Å². The molecule has 0 aromatic carbocycles. The molecule has 2 heterocycles. The number of nitrogens with zero attached hydrogens (tertiary/aromatic N) is 1. The third-order valence-corrected chi connectivity index (χ3v) is 4.19. The summed E-state index contributed by atoms with van der Waals surface area (Å²) in [6, 6.07) is 0. The molecule has 0 radical (unpaired) electrons. The van der Waals surface area contributed by atoms with E-state index in [1.165, 1.54) is 11.3 Å². The van der Waals surface area contributed by atoms with Crippen molar-refractivity contribution in [1.29, 1.82) is 0 Å². The molecule has 1 aromatic heterocycles. The average Bonchev–Trinajstić information content (AvgIpc) is 2.97. The lowest BCUT2D eigenvalue weighted by molar-refractivity contribution is 0.0955. The fraction of sp³-hybridized carbons (Fsp3) is 0.714. The highest BCUT2D eigenvalue weighted by Crippen LogP contribution is 2.27. The minimum atomic E-state index is -0.147. The molecule has 1 amide bonds. The zero-order chi connectivity index (χ0) is 15.5. The first-order valence-corrected chi connectivity index (χ1v) is 8.07. The highest BCUT2D eigenvalue weighted by Gasteiger charge is 2.20. The Labute approximate surface area is 129 Å². The Morgan fingerprint density at radius 2 is 2.29 bits per heavy atom. The van der Waals surface area contributed by atoms with Crippen molar-refractivity contribution >= 4 is 28.2 Å². The summed E-state index contributed by atoms with van der Waals surface area (Å²) in [6.45, 7) is 8.39. The van der Waals surface area contributed by atoms with Crippen LogP contribution in [0.15, 0.2) is 0 Å². The van der Waals surface area contributed by atoms with Crippen LogP contribution in [0.4, 0.5) is 10.9 Å². The van der Waals surface area contributed by atoms with Crippen molar-refractivity contribution < 1.29 is 9.53 Å². The standard InChI is InChI=1S/C14H24N4O2S/c1-14(2,3)18-13-17-11(15)10(21-13)12(19)16-6-4-9-5-7-20-8-9/h9H,4-8,15H2,1-3H3,(H,16,19)(H,17,18). The van der Waals surface area contributed by atoms with E-state index < -0.39 is 0 Å². The number of nitrogen functional groups attached to an aromatic ring is 1. The second-order valence-electron chi connectivity index (χ2n) is 6.38. The van der Waals surface area contributed by atoms with E-state index in [4.69, 9.17) is 10.5 Å². The molecular weight excluding hydrogens is 288 g/mol. The summed E-state index contributed by atoms with van der Waals surface area (Å²) in [5.74, 6) is 0.696. The predicted octanol–water partition coefficient (Wildman–Crippen LogP) is 2.09. The van der Waals surface area contributed by atoms with E-state index in [2.05, 4.69) is 15.6 Å². The fourth-order valence-electron chi connectivity index (χ4n) is 2.15. The second kappa shape index (κ2) is 6.62. The molecule has 2 rings (SSSR count). The maximum atomic E-state index is 12.1. The summed E-state index contributed by atoms with van der Waals surface area (Å²) >= 11 is 1.29. The Morgan fingerprint density at radius 3 is 2.90 bits per heavy atom. The van der Waals surface area contributed by atoms with Gasteiger partial charge in [-0.05, 0) is 39.5 Å². The number of carbonyl (C=O) groups excluding carboxylic acids is 1. The highest BCUT2D eigenvalue weighted by atomic mass is 32.1. The Hall–Kier alpha value is -1.34. The van der Waals surface area contributed by atoms with Gasteiger partial charge in [-0.1, -0.05) is 11.3 Å². The molecule has 0 spiro atoms. The summed E-state index contributed by atoms with van der Waals surface area (Å²) in [7, 11) is 0.